The summed E-state index contributed by atoms with van der Waals surface area (Å²) >= 11 is 0. The number of methoxy groups -OCH3 is 1. The monoisotopic (exact) mass is 272 g/mol. The minimum Gasteiger partial charge on any atom is -0.463 e. The quantitative estimate of drug-likeness (QED) is 0.713. The number of esters is 1. The van der Waals surface area contributed by atoms with Crippen LogP contribution in [-0.2, 0) is 4.74 Å². The van der Waals surface area contributed by atoms with Crippen LogP contribution >= 0.6 is 0 Å². The summed E-state index contributed by atoms with van der Waals surface area (Å²) in [6.07, 6.45) is 1.75. The van der Waals surface area contributed by atoms with Crippen molar-refractivity contribution in [1.82, 2.24) is 14.7 Å². The van der Waals surface area contributed by atoms with Gasteiger partial charge in [-0.1, -0.05) is 5.16 Å². The molecule has 3 aromatic rings. The standard InChI is InChI=1S/C13H12N4O3/c1-7-6-17(12(15-7)13(18)19-2)8-3-4-10-9(5-8)11(14)16-20-10/h3-6H,1-2H3,(H2,14,16). The molecule has 0 atom stereocenters. The van der Waals surface area contributed by atoms with Crippen molar-refractivity contribution in [3.63, 3.8) is 0 Å². The van der Waals surface area contributed by atoms with Gasteiger partial charge >= 0.3 is 5.97 Å². The lowest BCUT2D eigenvalue weighted by atomic mass is 10.2. The lowest BCUT2D eigenvalue weighted by Gasteiger charge is -2.06. The predicted octanol–water partition coefficient (Wildman–Crippen LogP) is 1.69. The van der Waals surface area contributed by atoms with Crippen molar-refractivity contribution < 1.29 is 14.1 Å². The molecule has 0 unspecified atom stereocenters. The summed E-state index contributed by atoms with van der Waals surface area (Å²) in [5.74, 6) is 0.00849. The summed E-state index contributed by atoms with van der Waals surface area (Å²) in [5.41, 5.74) is 7.76. The third-order valence-corrected chi connectivity index (χ3v) is 2.95. The van der Waals surface area contributed by atoms with E-state index in [1.54, 1.807) is 35.9 Å². The molecule has 0 bridgehead atoms. The van der Waals surface area contributed by atoms with Crippen LogP contribution < -0.4 is 5.73 Å². The number of nitrogens with two attached hydrogens (primary N) is 1. The Bertz CT molecular complexity index is 803. The van der Waals surface area contributed by atoms with Crippen LogP contribution in [0, 0.1) is 6.92 Å². The SMILES string of the molecule is COC(=O)c1nc(C)cn1-c1ccc2onc(N)c2c1. The van der Waals surface area contributed by atoms with Crippen molar-refractivity contribution in [1.29, 1.82) is 0 Å². The summed E-state index contributed by atoms with van der Waals surface area (Å²) in [6, 6.07) is 5.32. The molecule has 0 amide bonds. The molecule has 0 radical (unpaired) electrons. The molecule has 2 heterocycles. The molecule has 0 saturated heterocycles. The van der Waals surface area contributed by atoms with Crippen LogP contribution in [0.1, 0.15) is 16.3 Å². The number of fused-ring (bicyclic) bond motifs is 1. The van der Waals surface area contributed by atoms with Crippen molar-refractivity contribution in [3.8, 4) is 5.69 Å². The maximum absolute atomic E-state index is 11.7. The Hall–Kier alpha value is -2.83. The first-order valence-electron chi connectivity index (χ1n) is 5.89. The van der Waals surface area contributed by atoms with Gasteiger partial charge < -0.3 is 15.0 Å². The first-order valence-corrected chi connectivity index (χ1v) is 5.89. The number of imidazole rings is 1. The number of carbonyl (C=O) groups is 1. The van der Waals surface area contributed by atoms with E-state index in [1.165, 1.54) is 7.11 Å². The van der Waals surface area contributed by atoms with Gasteiger partial charge in [0.15, 0.2) is 11.4 Å². The predicted molar refractivity (Wildman–Crippen MR) is 71.6 cm³/mol. The molecule has 20 heavy (non-hydrogen) atoms. The smallest absolute Gasteiger partial charge is 0.374 e. The maximum Gasteiger partial charge on any atom is 0.374 e. The molecular formula is C13H12N4O3. The van der Waals surface area contributed by atoms with E-state index in [1.807, 2.05) is 0 Å². The van der Waals surface area contributed by atoms with Gasteiger partial charge in [-0.2, -0.15) is 0 Å². The molecular weight excluding hydrogens is 260 g/mol. The third-order valence-electron chi connectivity index (χ3n) is 2.95. The molecule has 1 aromatic carbocycles. The largest absolute Gasteiger partial charge is 0.463 e. The topological polar surface area (TPSA) is 96.2 Å². The van der Waals surface area contributed by atoms with Gasteiger partial charge in [-0.3, -0.25) is 4.57 Å². The highest BCUT2D eigenvalue weighted by molar-refractivity contribution is 5.90. The number of aryl methyl sites for hydroxylation is 1. The van der Waals surface area contributed by atoms with E-state index in [4.69, 9.17) is 15.0 Å². The van der Waals surface area contributed by atoms with Crippen LogP contribution in [0.15, 0.2) is 28.9 Å². The van der Waals surface area contributed by atoms with Crippen molar-refractivity contribution in [2.75, 3.05) is 12.8 Å². The average molecular weight is 272 g/mol. The van der Waals surface area contributed by atoms with E-state index in [0.717, 1.165) is 5.69 Å². The zero-order valence-corrected chi connectivity index (χ0v) is 11.0. The van der Waals surface area contributed by atoms with Crippen LogP contribution in [0.2, 0.25) is 0 Å². The van der Waals surface area contributed by atoms with E-state index in [0.29, 0.717) is 22.5 Å². The Morgan fingerprint density at radius 2 is 2.25 bits per heavy atom. The van der Waals surface area contributed by atoms with Gasteiger partial charge in [-0.25, -0.2) is 9.78 Å². The molecule has 7 heteroatoms. The highest BCUT2D eigenvalue weighted by Crippen LogP contribution is 2.24. The minimum atomic E-state index is -0.503. The van der Waals surface area contributed by atoms with Crippen LogP contribution in [0.4, 0.5) is 5.82 Å². The zero-order valence-electron chi connectivity index (χ0n) is 11.0. The molecule has 2 N–H and O–H groups in total. The highest BCUT2D eigenvalue weighted by atomic mass is 16.5. The zero-order chi connectivity index (χ0) is 14.3. The molecule has 0 aliphatic rings. The first-order chi connectivity index (χ1) is 9.60. The number of aromatic nitrogens is 3. The molecule has 0 aliphatic carbocycles. The Morgan fingerprint density at radius 1 is 1.45 bits per heavy atom. The van der Waals surface area contributed by atoms with Gasteiger partial charge in [-0.05, 0) is 25.1 Å². The van der Waals surface area contributed by atoms with Crippen molar-refractivity contribution in [2.45, 2.75) is 6.92 Å². The number of ether oxygens (including phenoxy) is 1. The summed E-state index contributed by atoms with van der Waals surface area (Å²) in [5, 5.41) is 4.38. The Labute approximate surface area is 113 Å². The summed E-state index contributed by atoms with van der Waals surface area (Å²) < 4.78 is 11.4. The molecule has 102 valence electrons. The number of benzene rings is 1. The van der Waals surface area contributed by atoms with E-state index >= 15 is 0 Å². The van der Waals surface area contributed by atoms with Crippen LogP contribution in [0.3, 0.4) is 0 Å². The van der Waals surface area contributed by atoms with E-state index < -0.39 is 5.97 Å². The fraction of sp³-hybridized carbons (Fsp3) is 0.154. The fourth-order valence-corrected chi connectivity index (χ4v) is 2.02. The number of carbonyl (C=O) groups excluding carboxylic acids is 1. The van der Waals surface area contributed by atoms with Crippen LogP contribution in [0.5, 0.6) is 0 Å². The second-order valence-corrected chi connectivity index (χ2v) is 4.32. The minimum absolute atomic E-state index is 0.208. The second-order valence-electron chi connectivity index (χ2n) is 4.32. The molecule has 0 saturated carbocycles. The van der Waals surface area contributed by atoms with Gasteiger partial charge in [-0.15, -0.1) is 0 Å². The lowest BCUT2D eigenvalue weighted by molar-refractivity contribution is 0.0584. The highest BCUT2D eigenvalue weighted by Gasteiger charge is 2.17. The first kappa shape index (κ1) is 12.2. The summed E-state index contributed by atoms with van der Waals surface area (Å²) in [7, 11) is 1.32. The average Bonchev–Trinajstić information content (AvgIpc) is 3.01. The summed E-state index contributed by atoms with van der Waals surface area (Å²) in [6.45, 7) is 1.80. The van der Waals surface area contributed by atoms with Crippen LogP contribution in [0.25, 0.3) is 16.7 Å². The van der Waals surface area contributed by atoms with Gasteiger partial charge in [0.05, 0.1) is 18.2 Å². The van der Waals surface area contributed by atoms with Gasteiger partial charge in [0, 0.05) is 11.9 Å². The van der Waals surface area contributed by atoms with Gasteiger partial charge in [0.1, 0.15) is 0 Å². The molecule has 0 fully saturated rings. The number of anilines is 1. The maximum atomic E-state index is 11.7. The van der Waals surface area contributed by atoms with Gasteiger partial charge in [0.2, 0.25) is 5.82 Å². The van der Waals surface area contributed by atoms with Crippen molar-refractivity contribution >= 4 is 22.8 Å². The number of nitrogens with zero attached hydrogens (tertiary/aromatic N) is 3. The number of hydrogen-bond acceptors (Lipinski definition) is 6. The van der Waals surface area contributed by atoms with Crippen molar-refractivity contribution in [3.05, 3.63) is 35.9 Å². The number of rotatable bonds is 2. The van der Waals surface area contributed by atoms with Crippen LogP contribution in [-0.4, -0.2) is 27.8 Å². The Balaban J connectivity index is 2.19. The Kier molecular flexibility index (Phi) is 2.67. The van der Waals surface area contributed by atoms with E-state index in [9.17, 15) is 4.79 Å². The van der Waals surface area contributed by atoms with Crippen molar-refractivity contribution in [2.24, 2.45) is 0 Å². The number of hydrogen-bond donors (Lipinski definition) is 1. The third kappa shape index (κ3) is 1.80. The molecule has 7 nitrogen and oxygen atoms in total. The molecule has 2 aromatic heterocycles. The fourth-order valence-electron chi connectivity index (χ4n) is 2.02. The Morgan fingerprint density at radius 3 is 3.00 bits per heavy atom. The van der Waals surface area contributed by atoms with E-state index in [2.05, 4.69) is 10.1 Å². The molecule has 3 rings (SSSR count). The molecule has 0 aliphatic heterocycles. The number of nitrogen functional groups attached to an aromatic ring is 1. The summed E-state index contributed by atoms with van der Waals surface area (Å²) in [4.78, 5) is 15.9. The molecule has 0 spiro atoms. The van der Waals surface area contributed by atoms with E-state index in [-0.39, 0.29) is 5.82 Å². The normalized spacial score (nSPS) is 10.9. The lowest BCUT2D eigenvalue weighted by Crippen LogP contribution is -2.10. The second kappa shape index (κ2) is 4.37. The van der Waals surface area contributed by atoms with Gasteiger partial charge in [0.25, 0.3) is 0 Å².